The molecule has 1 fully saturated rings. The van der Waals surface area contributed by atoms with Crippen molar-refractivity contribution in [3.05, 3.63) is 11.9 Å². The van der Waals surface area contributed by atoms with E-state index in [4.69, 9.17) is 5.73 Å². The summed E-state index contributed by atoms with van der Waals surface area (Å²) in [5.41, 5.74) is 7.44. The molecule has 2 N–H and O–H groups in total. The van der Waals surface area contributed by atoms with Crippen molar-refractivity contribution in [2.24, 2.45) is 5.41 Å². The molecule has 1 saturated heterocycles. The van der Waals surface area contributed by atoms with Crippen LogP contribution in [0.15, 0.2) is 6.33 Å². The average Bonchev–Trinajstić information content (AvgIpc) is 2.57. The quantitative estimate of drug-likeness (QED) is 0.853. The fourth-order valence-corrected chi connectivity index (χ4v) is 2.50. The smallest absolute Gasteiger partial charge is 0.137 e. The molecule has 0 atom stereocenters. The molecule has 0 bridgehead atoms. The van der Waals surface area contributed by atoms with Crippen LogP contribution in [-0.2, 0) is 0 Å². The van der Waals surface area contributed by atoms with E-state index in [-0.39, 0.29) is 0 Å². The van der Waals surface area contributed by atoms with Crippen molar-refractivity contribution in [2.45, 2.75) is 40.0 Å². The van der Waals surface area contributed by atoms with E-state index >= 15 is 0 Å². The summed E-state index contributed by atoms with van der Waals surface area (Å²) in [7, 11) is 0. The van der Waals surface area contributed by atoms with E-state index in [9.17, 15) is 0 Å². The van der Waals surface area contributed by atoms with Gasteiger partial charge in [0, 0.05) is 18.7 Å². The van der Waals surface area contributed by atoms with Gasteiger partial charge in [-0.2, -0.15) is 0 Å². The third-order valence-corrected chi connectivity index (χ3v) is 3.45. The SMILES string of the molecule is CC(C)c1c(N)ncnc1N1CCC(C)(C)C1. The topological polar surface area (TPSA) is 55.0 Å². The van der Waals surface area contributed by atoms with E-state index in [1.54, 1.807) is 6.33 Å². The Morgan fingerprint density at radius 2 is 2.06 bits per heavy atom. The normalized spacial score (nSPS) is 19.0. The van der Waals surface area contributed by atoms with Gasteiger partial charge in [0.05, 0.1) is 0 Å². The second-order valence-corrected chi connectivity index (χ2v) is 5.99. The minimum atomic E-state index is 0.356. The third-order valence-electron chi connectivity index (χ3n) is 3.45. The summed E-state index contributed by atoms with van der Waals surface area (Å²) in [5, 5.41) is 0. The molecule has 4 heteroatoms. The third kappa shape index (κ3) is 2.35. The second kappa shape index (κ2) is 4.17. The standard InChI is InChI=1S/C13H22N4/c1-9(2)10-11(14)15-8-16-12(10)17-6-5-13(3,4)7-17/h8-9H,5-7H2,1-4H3,(H2,14,15,16). The summed E-state index contributed by atoms with van der Waals surface area (Å²) in [6.45, 7) is 11.0. The summed E-state index contributed by atoms with van der Waals surface area (Å²) in [6, 6.07) is 0. The first-order chi connectivity index (χ1) is 7.91. The Morgan fingerprint density at radius 3 is 2.59 bits per heavy atom. The van der Waals surface area contributed by atoms with E-state index in [1.165, 1.54) is 6.42 Å². The predicted molar refractivity (Wildman–Crippen MR) is 71.1 cm³/mol. The molecule has 0 aliphatic carbocycles. The van der Waals surface area contributed by atoms with E-state index in [1.807, 2.05) is 0 Å². The molecular weight excluding hydrogens is 212 g/mol. The second-order valence-electron chi connectivity index (χ2n) is 5.99. The summed E-state index contributed by atoms with van der Waals surface area (Å²) in [4.78, 5) is 10.9. The first kappa shape index (κ1) is 12.1. The molecule has 1 aliphatic rings. The molecule has 1 aliphatic heterocycles. The Kier molecular flexibility index (Phi) is 2.98. The lowest BCUT2D eigenvalue weighted by atomic mass is 9.93. The Hall–Kier alpha value is -1.32. The van der Waals surface area contributed by atoms with Crippen molar-refractivity contribution in [1.82, 2.24) is 9.97 Å². The summed E-state index contributed by atoms with van der Waals surface area (Å²) >= 11 is 0. The molecule has 0 radical (unpaired) electrons. The minimum absolute atomic E-state index is 0.356. The van der Waals surface area contributed by atoms with Crippen molar-refractivity contribution in [2.75, 3.05) is 23.7 Å². The van der Waals surface area contributed by atoms with Gasteiger partial charge in [-0.15, -0.1) is 0 Å². The van der Waals surface area contributed by atoms with Gasteiger partial charge < -0.3 is 10.6 Å². The van der Waals surface area contributed by atoms with Crippen LogP contribution in [0.5, 0.6) is 0 Å². The molecule has 2 heterocycles. The highest BCUT2D eigenvalue weighted by Gasteiger charge is 2.31. The van der Waals surface area contributed by atoms with Crippen molar-refractivity contribution >= 4 is 11.6 Å². The Labute approximate surface area is 103 Å². The predicted octanol–water partition coefficient (Wildman–Crippen LogP) is 2.42. The molecule has 4 nitrogen and oxygen atoms in total. The lowest BCUT2D eigenvalue weighted by Crippen LogP contribution is -2.25. The molecule has 0 saturated carbocycles. The van der Waals surface area contributed by atoms with Gasteiger partial charge in [-0.3, -0.25) is 0 Å². The van der Waals surface area contributed by atoms with Gasteiger partial charge in [0.25, 0.3) is 0 Å². The van der Waals surface area contributed by atoms with Crippen molar-refractivity contribution in [3.8, 4) is 0 Å². The maximum Gasteiger partial charge on any atom is 0.137 e. The highest BCUT2D eigenvalue weighted by molar-refractivity contribution is 5.58. The van der Waals surface area contributed by atoms with Crippen molar-refractivity contribution in [1.29, 1.82) is 0 Å². The molecule has 1 aromatic heterocycles. The van der Waals surface area contributed by atoms with E-state index in [2.05, 4.69) is 42.6 Å². The average molecular weight is 234 g/mol. The lowest BCUT2D eigenvalue weighted by Gasteiger charge is -2.24. The van der Waals surface area contributed by atoms with Crippen molar-refractivity contribution in [3.63, 3.8) is 0 Å². The number of nitrogens with zero attached hydrogens (tertiary/aromatic N) is 3. The van der Waals surface area contributed by atoms with Crippen LogP contribution in [0.3, 0.4) is 0 Å². The van der Waals surface area contributed by atoms with Crippen LogP contribution in [0.2, 0.25) is 0 Å². The van der Waals surface area contributed by atoms with Crippen LogP contribution in [0, 0.1) is 5.41 Å². The largest absolute Gasteiger partial charge is 0.383 e. The highest BCUT2D eigenvalue weighted by atomic mass is 15.2. The van der Waals surface area contributed by atoms with E-state index in [0.717, 1.165) is 24.5 Å². The van der Waals surface area contributed by atoms with Gasteiger partial charge in [0.1, 0.15) is 18.0 Å². The zero-order chi connectivity index (χ0) is 12.6. The Balaban J connectivity index is 2.36. The van der Waals surface area contributed by atoms with E-state index in [0.29, 0.717) is 17.2 Å². The maximum atomic E-state index is 5.98. The zero-order valence-electron chi connectivity index (χ0n) is 11.2. The van der Waals surface area contributed by atoms with Crippen LogP contribution in [0.4, 0.5) is 11.6 Å². The molecule has 0 amide bonds. The van der Waals surface area contributed by atoms with Gasteiger partial charge >= 0.3 is 0 Å². The van der Waals surface area contributed by atoms with Gasteiger partial charge in [-0.1, -0.05) is 27.7 Å². The molecule has 0 aromatic carbocycles. The van der Waals surface area contributed by atoms with Crippen molar-refractivity contribution < 1.29 is 0 Å². The van der Waals surface area contributed by atoms with Crippen LogP contribution in [-0.4, -0.2) is 23.1 Å². The fourth-order valence-electron chi connectivity index (χ4n) is 2.50. The van der Waals surface area contributed by atoms with Crippen LogP contribution in [0.25, 0.3) is 0 Å². The number of hydrogen-bond donors (Lipinski definition) is 1. The monoisotopic (exact) mass is 234 g/mol. The molecule has 0 spiro atoms. The van der Waals surface area contributed by atoms with Gasteiger partial charge in [0.15, 0.2) is 0 Å². The summed E-state index contributed by atoms with van der Waals surface area (Å²) in [6.07, 6.45) is 2.77. The maximum absolute atomic E-state index is 5.98. The first-order valence-electron chi connectivity index (χ1n) is 6.26. The zero-order valence-corrected chi connectivity index (χ0v) is 11.2. The lowest BCUT2D eigenvalue weighted by molar-refractivity contribution is 0.418. The first-order valence-corrected chi connectivity index (χ1v) is 6.26. The fraction of sp³-hybridized carbons (Fsp3) is 0.692. The number of aromatic nitrogens is 2. The van der Waals surface area contributed by atoms with Gasteiger partial charge in [0.2, 0.25) is 0 Å². The van der Waals surface area contributed by atoms with Gasteiger partial charge in [-0.05, 0) is 17.8 Å². The number of nitrogens with two attached hydrogens (primary N) is 1. The van der Waals surface area contributed by atoms with E-state index < -0.39 is 0 Å². The summed E-state index contributed by atoms with van der Waals surface area (Å²) in [5.74, 6) is 2.00. The highest BCUT2D eigenvalue weighted by Crippen LogP contribution is 2.36. The van der Waals surface area contributed by atoms with Crippen LogP contribution in [0.1, 0.15) is 45.6 Å². The minimum Gasteiger partial charge on any atom is -0.383 e. The van der Waals surface area contributed by atoms with Gasteiger partial charge in [-0.25, -0.2) is 9.97 Å². The molecule has 1 aromatic rings. The molecule has 17 heavy (non-hydrogen) atoms. The molecular formula is C13H22N4. The number of rotatable bonds is 2. The molecule has 2 rings (SSSR count). The number of anilines is 2. The molecule has 0 unspecified atom stereocenters. The number of hydrogen-bond acceptors (Lipinski definition) is 4. The van der Waals surface area contributed by atoms with Crippen LogP contribution < -0.4 is 10.6 Å². The number of nitrogen functional groups attached to an aromatic ring is 1. The summed E-state index contributed by atoms with van der Waals surface area (Å²) < 4.78 is 0. The Bertz CT molecular complexity index is 412. The molecule has 94 valence electrons. The Morgan fingerprint density at radius 1 is 1.35 bits per heavy atom. The van der Waals surface area contributed by atoms with Crippen LogP contribution >= 0.6 is 0 Å².